The van der Waals surface area contributed by atoms with Crippen molar-refractivity contribution >= 4 is 34.4 Å². The summed E-state index contributed by atoms with van der Waals surface area (Å²) in [7, 11) is 0. The van der Waals surface area contributed by atoms with E-state index < -0.39 is 5.60 Å². The number of nitrogens with zero attached hydrogens (tertiary/aromatic N) is 1. The lowest BCUT2D eigenvalue weighted by Crippen LogP contribution is -2.46. The molecule has 3 rings (SSSR count). The van der Waals surface area contributed by atoms with Crippen LogP contribution in [0.15, 0.2) is 17.2 Å². The molecule has 6 nitrogen and oxygen atoms in total. The first-order chi connectivity index (χ1) is 13.2. The average Bonchev–Trinajstić information content (AvgIpc) is 2.98. The molecule has 1 aromatic carbocycles. The minimum absolute atomic E-state index is 0.0871. The fourth-order valence-corrected chi connectivity index (χ4v) is 4.54. The number of H-pyrrole nitrogens is 1. The predicted octanol–water partition coefficient (Wildman–Crippen LogP) is 4.65. The molecular weight excluding hydrogens is 374 g/mol. The van der Waals surface area contributed by atoms with Crippen molar-refractivity contribution in [2.24, 2.45) is 0 Å². The molecule has 0 unspecified atom stereocenters. The minimum atomic E-state index is -0.494. The van der Waals surface area contributed by atoms with Gasteiger partial charge in [0, 0.05) is 24.5 Å². The Balaban J connectivity index is 1.76. The smallest absolute Gasteiger partial charge is 0.407 e. The van der Waals surface area contributed by atoms with Crippen LogP contribution in [0.3, 0.4) is 0 Å². The number of carbonyl (C=O) groups is 1. The van der Waals surface area contributed by atoms with E-state index in [1.165, 1.54) is 10.9 Å². The molecule has 0 radical (unpaired) electrons. The Morgan fingerprint density at radius 3 is 2.61 bits per heavy atom. The summed E-state index contributed by atoms with van der Waals surface area (Å²) in [4.78, 5) is 17.7. The number of fused-ring (bicyclic) bond motifs is 1. The van der Waals surface area contributed by atoms with Crippen LogP contribution in [0.2, 0.25) is 0 Å². The number of nitrogens with one attached hydrogen (secondary N) is 2. The molecule has 1 amide bonds. The zero-order valence-corrected chi connectivity index (χ0v) is 18.2. The van der Waals surface area contributed by atoms with Gasteiger partial charge in [0.25, 0.3) is 0 Å². The van der Waals surface area contributed by atoms with Gasteiger partial charge >= 0.3 is 6.09 Å². The van der Waals surface area contributed by atoms with E-state index in [0.29, 0.717) is 5.75 Å². The molecule has 1 saturated heterocycles. The summed E-state index contributed by atoms with van der Waals surface area (Å²) in [5.74, 6) is 0.294. The number of aromatic hydroxyl groups is 1. The van der Waals surface area contributed by atoms with Crippen LogP contribution in [0.1, 0.15) is 46.1 Å². The van der Waals surface area contributed by atoms with E-state index in [2.05, 4.69) is 28.4 Å². The molecular formula is C21H31N3O3S. The van der Waals surface area contributed by atoms with E-state index in [4.69, 9.17) is 4.74 Å². The summed E-state index contributed by atoms with van der Waals surface area (Å²) in [5, 5.41) is 15.9. The van der Waals surface area contributed by atoms with E-state index in [1.807, 2.05) is 26.8 Å². The minimum Gasteiger partial charge on any atom is -0.506 e. The number of aromatic nitrogens is 1. The van der Waals surface area contributed by atoms with Crippen molar-refractivity contribution in [3.63, 3.8) is 0 Å². The number of benzene rings is 1. The molecule has 1 aliphatic rings. The van der Waals surface area contributed by atoms with Crippen LogP contribution in [0.4, 0.5) is 10.5 Å². The molecule has 2 heterocycles. The van der Waals surface area contributed by atoms with Crippen LogP contribution in [0, 0.1) is 0 Å². The highest BCUT2D eigenvalue weighted by atomic mass is 32.2. The number of aryl methyl sites for hydroxylation is 1. The number of ether oxygens (including phenoxy) is 1. The van der Waals surface area contributed by atoms with Crippen molar-refractivity contribution in [2.75, 3.05) is 24.2 Å². The van der Waals surface area contributed by atoms with E-state index >= 15 is 0 Å². The largest absolute Gasteiger partial charge is 0.506 e. The van der Waals surface area contributed by atoms with Crippen molar-refractivity contribution in [2.45, 2.75) is 63.6 Å². The van der Waals surface area contributed by atoms with Gasteiger partial charge in [0.1, 0.15) is 17.0 Å². The zero-order valence-electron chi connectivity index (χ0n) is 17.4. The van der Waals surface area contributed by atoms with Crippen molar-refractivity contribution in [1.82, 2.24) is 10.3 Å². The number of anilines is 1. The number of amides is 1. The molecule has 154 valence electrons. The van der Waals surface area contributed by atoms with E-state index in [-0.39, 0.29) is 12.1 Å². The van der Waals surface area contributed by atoms with E-state index in [1.54, 1.807) is 17.8 Å². The summed E-state index contributed by atoms with van der Waals surface area (Å²) >= 11 is 1.70. The number of phenolic OH excluding ortho intramolecular Hbond substituents is 1. The van der Waals surface area contributed by atoms with Gasteiger partial charge in [0.05, 0.1) is 10.5 Å². The predicted molar refractivity (Wildman–Crippen MR) is 116 cm³/mol. The molecule has 28 heavy (non-hydrogen) atoms. The van der Waals surface area contributed by atoms with Crippen LogP contribution < -0.4 is 10.2 Å². The average molecular weight is 406 g/mol. The molecule has 3 N–H and O–H groups in total. The highest BCUT2D eigenvalue weighted by Gasteiger charge is 2.26. The van der Waals surface area contributed by atoms with Gasteiger partial charge in [-0.25, -0.2) is 4.79 Å². The normalized spacial score (nSPS) is 15.8. The van der Waals surface area contributed by atoms with Crippen molar-refractivity contribution in [3.8, 4) is 5.75 Å². The van der Waals surface area contributed by atoms with Gasteiger partial charge in [-0.05, 0) is 64.0 Å². The molecule has 7 heteroatoms. The van der Waals surface area contributed by atoms with E-state index in [9.17, 15) is 9.90 Å². The molecule has 0 aliphatic carbocycles. The standard InChI is InChI=1S/C21H31N3O3S/c1-6-14-15-7-8-16(25)18(17(15)23-19(14)28-5)24-11-9-13(10-12-24)22-20(26)27-21(2,3)4/h7-8,13,23,25H,6,9-12H2,1-5H3,(H,22,26). The second-order valence-corrected chi connectivity index (χ2v) is 9.07. The Labute approximate surface area is 171 Å². The molecule has 1 aromatic heterocycles. The van der Waals surface area contributed by atoms with Crippen LogP contribution in [-0.4, -0.2) is 47.2 Å². The molecule has 0 saturated carbocycles. The van der Waals surface area contributed by atoms with Gasteiger partial charge in [-0.15, -0.1) is 11.8 Å². The third kappa shape index (κ3) is 4.35. The Morgan fingerprint density at radius 2 is 2.04 bits per heavy atom. The van der Waals surface area contributed by atoms with Gasteiger partial charge in [-0.1, -0.05) is 6.92 Å². The van der Waals surface area contributed by atoms with Crippen molar-refractivity contribution < 1.29 is 14.6 Å². The third-order valence-electron chi connectivity index (χ3n) is 5.08. The quantitative estimate of drug-likeness (QED) is 0.645. The number of aromatic amines is 1. The highest BCUT2D eigenvalue weighted by Crippen LogP contribution is 2.40. The summed E-state index contributed by atoms with van der Waals surface area (Å²) < 4.78 is 5.36. The van der Waals surface area contributed by atoms with Crippen molar-refractivity contribution in [3.05, 3.63) is 17.7 Å². The number of rotatable bonds is 4. The first kappa shape index (κ1) is 20.7. The Bertz CT molecular complexity index is 849. The van der Waals surface area contributed by atoms with Crippen LogP contribution >= 0.6 is 11.8 Å². The van der Waals surface area contributed by atoms with E-state index in [0.717, 1.165) is 48.6 Å². The summed E-state index contributed by atoms with van der Waals surface area (Å²) in [6, 6.07) is 3.88. The molecule has 0 bridgehead atoms. The summed E-state index contributed by atoms with van der Waals surface area (Å²) in [6.07, 6.45) is 4.27. The summed E-state index contributed by atoms with van der Waals surface area (Å²) in [5.41, 5.74) is 2.67. The zero-order chi connectivity index (χ0) is 20.5. The number of hydrogen-bond donors (Lipinski definition) is 3. The molecule has 0 spiro atoms. The maximum Gasteiger partial charge on any atom is 0.407 e. The molecule has 0 atom stereocenters. The maximum absolute atomic E-state index is 12.0. The lowest BCUT2D eigenvalue weighted by Gasteiger charge is -2.34. The Hall–Kier alpha value is -2.02. The molecule has 1 fully saturated rings. The van der Waals surface area contributed by atoms with Crippen LogP contribution in [-0.2, 0) is 11.2 Å². The molecule has 2 aromatic rings. The van der Waals surface area contributed by atoms with Crippen LogP contribution in [0.5, 0.6) is 5.75 Å². The summed E-state index contributed by atoms with van der Waals surface area (Å²) in [6.45, 7) is 9.28. The molecule has 1 aliphatic heterocycles. The van der Waals surface area contributed by atoms with Crippen LogP contribution in [0.25, 0.3) is 10.9 Å². The number of hydrogen-bond acceptors (Lipinski definition) is 5. The highest BCUT2D eigenvalue weighted by molar-refractivity contribution is 7.98. The first-order valence-corrected chi connectivity index (χ1v) is 11.1. The first-order valence-electron chi connectivity index (χ1n) is 9.88. The number of carbonyl (C=O) groups excluding carboxylic acids is 1. The number of piperidine rings is 1. The topological polar surface area (TPSA) is 77.6 Å². The maximum atomic E-state index is 12.0. The monoisotopic (exact) mass is 405 g/mol. The third-order valence-corrected chi connectivity index (χ3v) is 5.84. The van der Waals surface area contributed by atoms with Gasteiger partial charge in [0.2, 0.25) is 0 Å². The lowest BCUT2D eigenvalue weighted by atomic mass is 10.0. The number of alkyl carbamates (subject to hydrolysis) is 1. The SMILES string of the molecule is CCc1c(SC)[nH]c2c(N3CCC(NC(=O)OC(C)(C)C)CC3)c(O)ccc12. The second-order valence-electron chi connectivity index (χ2n) is 8.25. The fraction of sp³-hybridized carbons (Fsp3) is 0.571. The van der Waals surface area contributed by atoms with Gasteiger partial charge in [-0.2, -0.15) is 0 Å². The second kappa shape index (κ2) is 8.15. The number of thioether (sulfide) groups is 1. The number of phenols is 1. The van der Waals surface area contributed by atoms with Gasteiger partial charge in [0.15, 0.2) is 0 Å². The van der Waals surface area contributed by atoms with Gasteiger partial charge < -0.3 is 25.0 Å². The van der Waals surface area contributed by atoms with Gasteiger partial charge in [-0.3, -0.25) is 0 Å². The fourth-order valence-electron chi connectivity index (χ4n) is 3.84. The Kier molecular flexibility index (Phi) is 6.03. The van der Waals surface area contributed by atoms with Crippen molar-refractivity contribution in [1.29, 1.82) is 0 Å². The Morgan fingerprint density at radius 1 is 1.36 bits per heavy atom. The lowest BCUT2D eigenvalue weighted by molar-refractivity contribution is 0.0497.